The van der Waals surface area contributed by atoms with Gasteiger partial charge in [0.05, 0.1) is 10.5 Å². The van der Waals surface area contributed by atoms with Gasteiger partial charge < -0.3 is 5.32 Å². The van der Waals surface area contributed by atoms with Crippen LogP contribution in [0.15, 0.2) is 46.9 Å². The summed E-state index contributed by atoms with van der Waals surface area (Å²) < 4.78 is 13.8. The van der Waals surface area contributed by atoms with Crippen LogP contribution in [-0.4, -0.2) is 7.05 Å². The lowest BCUT2D eigenvalue weighted by Crippen LogP contribution is -2.18. The average Bonchev–Trinajstić information content (AvgIpc) is 2.37. The number of hydrogen-bond acceptors (Lipinski definition) is 1. The number of hydrogen-bond donors (Lipinski definition) is 1. The summed E-state index contributed by atoms with van der Waals surface area (Å²) in [7, 11) is 1.91. The molecule has 0 saturated heterocycles. The lowest BCUT2D eigenvalue weighted by molar-refractivity contribution is 0.616. The fraction of sp³-hybridized carbons (Fsp3) is 0.200. The summed E-state index contributed by atoms with van der Waals surface area (Å²) >= 11 is 3.23. The van der Waals surface area contributed by atoms with Crippen LogP contribution in [-0.2, 0) is 0 Å². The molecule has 1 unspecified atom stereocenters. The van der Waals surface area contributed by atoms with Gasteiger partial charge in [-0.25, -0.2) is 4.39 Å². The summed E-state index contributed by atoms with van der Waals surface area (Å²) in [6, 6.07) is 13.4. The van der Waals surface area contributed by atoms with Crippen molar-refractivity contribution < 1.29 is 4.39 Å². The zero-order chi connectivity index (χ0) is 13.1. The van der Waals surface area contributed by atoms with Gasteiger partial charge in [0.2, 0.25) is 0 Å². The second-order valence-corrected chi connectivity index (χ2v) is 5.11. The van der Waals surface area contributed by atoms with Gasteiger partial charge in [0, 0.05) is 0 Å². The molecule has 0 aliphatic rings. The Labute approximate surface area is 115 Å². The van der Waals surface area contributed by atoms with Gasteiger partial charge in [0.15, 0.2) is 0 Å². The smallest absolute Gasteiger partial charge is 0.137 e. The molecular weight excluding hydrogens is 293 g/mol. The minimum Gasteiger partial charge on any atom is -0.309 e. The first-order chi connectivity index (χ1) is 8.63. The molecule has 3 heteroatoms. The van der Waals surface area contributed by atoms with Crippen LogP contribution in [0.4, 0.5) is 4.39 Å². The van der Waals surface area contributed by atoms with Crippen LogP contribution in [0.2, 0.25) is 0 Å². The van der Waals surface area contributed by atoms with E-state index < -0.39 is 0 Å². The normalized spacial score (nSPS) is 12.4. The van der Waals surface area contributed by atoms with Gasteiger partial charge in [-0.3, -0.25) is 0 Å². The van der Waals surface area contributed by atoms with Crippen molar-refractivity contribution >= 4 is 15.9 Å². The van der Waals surface area contributed by atoms with Crippen LogP contribution >= 0.6 is 15.9 Å². The number of nitrogens with one attached hydrogen (secondary N) is 1. The molecule has 2 aromatic rings. The molecule has 1 nitrogen and oxygen atoms in total. The zero-order valence-electron chi connectivity index (χ0n) is 10.4. The summed E-state index contributed by atoms with van der Waals surface area (Å²) in [5, 5.41) is 3.28. The Morgan fingerprint density at radius 2 is 1.89 bits per heavy atom. The van der Waals surface area contributed by atoms with E-state index in [1.807, 2.05) is 31.3 Å². The van der Waals surface area contributed by atoms with E-state index in [0.717, 1.165) is 5.56 Å². The Kier molecular flexibility index (Phi) is 4.15. The standard InChI is InChI=1S/C15H15BrFN/c1-10-5-3-4-6-12(10)15(18-2)11-7-8-14(17)13(16)9-11/h3-9,15,18H,1-2H3. The van der Waals surface area contributed by atoms with Gasteiger partial charge in [-0.1, -0.05) is 30.3 Å². The van der Waals surface area contributed by atoms with Crippen molar-refractivity contribution in [3.05, 3.63) is 69.4 Å². The molecule has 0 fully saturated rings. The second kappa shape index (κ2) is 5.63. The van der Waals surface area contributed by atoms with Gasteiger partial charge in [-0.2, -0.15) is 0 Å². The minimum absolute atomic E-state index is 0.0723. The predicted octanol–water partition coefficient (Wildman–Crippen LogP) is 4.21. The number of benzene rings is 2. The van der Waals surface area contributed by atoms with E-state index >= 15 is 0 Å². The van der Waals surface area contributed by atoms with Crippen LogP contribution in [0.25, 0.3) is 0 Å². The maximum absolute atomic E-state index is 13.3. The van der Waals surface area contributed by atoms with Crippen LogP contribution in [0, 0.1) is 12.7 Å². The molecule has 2 aromatic carbocycles. The average molecular weight is 308 g/mol. The molecule has 0 amide bonds. The quantitative estimate of drug-likeness (QED) is 0.896. The fourth-order valence-electron chi connectivity index (χ4n) is 2.10. The molecule has 0 heterocycles. The van der Waals surface area contributed by atoms with E-state index in [1.165, 1.54) is 17.2 Å². The van der Waals surface area contributed by atoms with E-state index in [2.05, 4.69) is 40.3 Å². The molecule has 2 rings (SSSR count). The molecule has 18 heavy (non-hydrogen) atoms. The van der Waals surface area contributed by atoms with E-state index in [-0.39, 0.29) is 11.9 Å². The first-order valence-electron chi connectivity index (χ1n) is 5.81. The lowest BCUT2D eigenvalue weighted by Gasteiger charge is -2.19. The molecule has 0 saturated carbocycles. The highest BCUT2D eigenvalue weighted by molar-refractivity contribution is 9.10. The van der Waals surface area contributed by atoms with Crippen molar-refractivity contribution in [2.45, 2.75) is 13.0 Å². The first-order valence-corrected chi connectivity index (χ1v) is 6.60. The van der Waals surface area contributed by atoms with Crippen molar-refractivity contribution in [2.75, 3.05) is 7.05 Å². The molecule has 0 radical (unpaired) electrons. The summed E-state index contributed by atoms with van der Waals surface area (Å²) in [5.41, 5.74) is 3.47. The molecule has 0 aliphatic carbocycles. The second-order valence-electron chi connectivity index (χ2n) is 4.25. The third-order valence-electron chi connectivity index (χ3n) is 3.07. The van der Waals surface area contributed by atoms with E-state index in [1.54, 1.807) is 0 Å². The number of halogens is 2. The minimum atomic E-state index is -0.238. The zero-order valence-corrected chi connectivity index (χ0v) is 12.0. The summed E-state index contributed by atoms with van der Waals surface area (Å²) in [4.78, 5) is 0. The Balaban J connectivity index is 2.45. The van der Waals surface area contributed by atoms with Crippen molar-refractivity contribution in [3.8, 4) is 0 Å². The fourth-order valence-corrected chi connectivity index (χ4v) is 2.50. The van der Waals surface area contributed by atoms with Crippen LogP contribution in [0.3, 0.4) is 0 Å². The summed E-state index contributed by atoms with van der Waals surface area (Å²) in [6.45, 7) is 2.08. The van der Waals surface area contributed by atoms with Crippen molar-refractivity contribution in [1.29, 1.82) is 0 Å². The van der Waals surface area contributed by atoms with Gasteiger partial charge in [-0.15, -0.1) is 0 Å². The SMILES string of the molecule is CNC(c1ccc(F)c(Br)c1)c1ccccc1C. The molecule has 0 bridgehead atoms. The van der Waals surface area contributed by atoms with E-state index in [0.29, 0.717) is 4.47 Å². The monoisotopic (exact) mass is 307 g/mol. The number of aryl methyl sites for hydroxylation is 1. The molecule has 1 atom stereocenters. The first kappa shape index (κ1) is 13.2. The predicted molar refractivity (Wildman–Crippen MR) is 76.2 cm³/mol. The Bertz CT molecular complexity index is 554. The maximum atomic E-state index is 13.3. The molecule has 0 aliphatic heterocycles. The van der Waals surface area contributed by atoms with E-state index in [9.17, 15) is 4.39 Å². The van der Waals surface area contributed by atoms with E-state index in [4.69, 9.17) is 0 Å². The third kappa shape index (κ3) is 2.62. The van der Waals surface area contributed by atoms with Gasteiger partial charge in [0.1, 0.15) is 5.82 Å². The Morgan fingerprint density at radius 1 is 1.17 bits per heavy atom. The topological polar surface area (TPSA) is 12.0 Å². The van der Waals surface area contributed by atoms with Crippen molar-refractivity contribution in [2.24, 2.45) is 0 Å². The van der Waals surface area contributed by atoms with Crippen molar-refractivity contribution in [3.63, 3.8) is 0 Å². The lowest BCUT2D eigenvalue weighted by atomic mass is 9.95. The highest BCUT2D eigenvalue weighted by Crippen LogP contribution is 2.27. The van der Waals surface area contributed by atoms with Gasteiger partial charge in [0.25, 0.3) is 0 Å². The third-order valence-corrected chi connectivity index (χ3v) is 3.67. The Hall–Kier alpha value is -1.19. The van der Waals surface area contributed by atoms with Crippen LogP contribution in [0.1, 0.15) is 22.7 Å². The Morgan fingerprint density at radius 3 is 2.50 bits per heavy atom. The van der Waals surface area contributed by atoms with Crippen LogP contribution in [0.5, 0.6) is 0 Å². The molecular formula is C15H15BrFN. The largest absolute Gasteiger partial charge is 0.309 e. The van der Waals surface area contributed by atoms with Crippen molar-refractivity contribution in [1.82, 2.24) is 5.32 Å². The van der Waals surface area contributed by atoms with Gasteiger partial charge in [-0.05, 0) is 58.7 Å². The van der Waals surface area contributed by atoms with Crippen LogP contribution < -0.4 is 5.32 Å². The highest BCUT2D eigenvalue weighted by atomic mass is 79.9. The molecule has 0 spiro atoms. The van der Waals surface area contributed by atoms with Gasteiger partial charge >= 0.3 is 0 Å². The molecule has 1 N–H and O–H groups in total. The molecule has 94 valence electrons. The maximum Gasteiger partial charge on any atom is 0.137 e. The highest BCUT2D eigenvalue weighted by Gasteiger charge is 2.14. The summed E-state index contributed by atoms with van der Waals surface area (Å²) in [6.07, 6.45) is 0. The number of rotatable bonds is 3. The summed E-state index contributed by atoms with van der Waals surface area (Å²) in [5.74, 6) is -0.238. The molecule has 0 aromatic heterocycles.